The van der Waals surface area contributed by atoms with Gasteiger partial charge >= 0.3 is 6.09 Å². The van der Waals surface area contributed by atoms with Crippen molar-refractivity contribution in [2.75, 3.05) is 6.54 Å². The zero-order valence-corrected chi connectivity index (χ0v) is 5.75. The van der Waals surface area contributed by atoms with Gasteiger partial charge < -0.3 is 16.2 Å². The lowest BCUT2D eigenvalue weighted by atomic mass is 9.82. The Morgan fingerprint density at radius 1 is 1.60 bits per heavy atom. The van der Waals surface area contributed by atoms with Gasteiger partial charge in [0.15, 0.2) is 0 Å². The summed E-state index contributed by atoms with van der Waals surface area (Å²) in [6, 6.07) is 0. The molecule has 58 valence electrons. The van der Waals surface area contributed by atoms with Gasteiger partial charge in [-0.05, 0) is 25.3 Å². The molecule has 10 heavy (non-hydrogen) atoms. The van der Waals surface area contributed by atoms with Gasteiger partial charge in [0.2, 0.25) is 0 Å². The molecule has 0 radical (unpaired) electrons. The van der Waals surface area contributed by atoms with Gasteiger partial charge in [0.05, 0.1) is 0 Å². The number of carbonyl (C=O) groups excluding carboxylic acids is 1. The van der Waals surface area contributed by atoms with Gasteiger partial charge in [-0.2, -0.15) is 0 Å². The second kappa shape index (κ2) is 2.88. The van der Waals surface area contributed by atoms with Crippen LogP contribution in [0.5, 0.6) is 0 Å². The van der Waals surface area contributed by atoms with Gasteiger partial charge in [-0.1, -0.05) is 0 Å². The monoisotopic (exact) mass is 144 g/mol. The normalized spacial score (nSPS) is 30.9. The van der Waals surface area contributed by atoms with Gasteiger partial charge in [-0.25, -0.2) is 4.79 Å². The first-order valence-electron chi connectivity index (χ1n) is 3.38. The number of hydrogen-bond acceptors (Lipinski definition) is 3. The first-order valence-corrected chi connectivity index (χ1v) is 3.38. The van der Waals surface area contributed by atoms with Crippen LogP contribution >= 0.6 is 0 Å². The maximum atomic E-state index is 10.2. The fourth-order valence-electron chi connectivity index (χ4n) is 1.13. The number of nitrogens with two attached hydrogens (primary N) is 2. The van der Waals surface area contributed by atoms with E-state index in [0.29, 0.717) is 12.5 Å². The minimum absolute atomic E-state index is 0.0334. The van der Waals surface area contributed by atoms with E-state index in [-0.39, 0.29) is 6.10 Å². The molecule has 1 rings (SSSR count). The summed E-state index contributed by atoms with van der Waals surface area (Å²) in [6.45, 7) is 0.679. The van der Waals surface area contributed by atoms with Crippen LogP contribution in [-0.2, 0) is 4.74 Å². The maximum absolute atomic E-state index is 10.2. The number of primary amides is 1. The molecule has 0 aromatic rings. The average Bonchev–Trinajstić information content (AvgIpc) is 1.76. The Morgan fingerprint density at radius 3 is 2.60 bits per heavy atom. The SMILES string of the molecule is NC[C@H]1C[C@H](OC(N)=O)C1. The fourth-order valence-corrected chi connectivity index (χ4v) is 1.13. The van der Waals surface area contributed by atoms with Crippen LogP contribution in [-0.4, -0.2) is 18.7 Å². The summed E-state index contributed by atoms with van der Waals surface area (Å²) < 4.78 is 4.70. The molecule has 0 aliphatic heterocycles. The minimum atomic E-state index is -0.680. The van der Waals surface area contributed by atoms with E-state index in [1.165, 1.54) is 0 Å². The van der Waals surface area contributed by atoms with E-state index in [1.54, 1.807) is 0 Å². The lowest BCUT2D eigenvalue weighted by molar-refractivity contribution is 0.0253. The van der Waals surface area contributed by atoms with E-state index in [4.69, 9.17) is 16.2 Å². The topological polar surface area (TPSA) is 78.3 Å². The van der Waals surface area contributed by atoms with Crippen molar-refractivity contribution >= 4 is 6.09 Å². The molecule has 0 aromatic carbocycles. The van der Waals surface area contributed by atoms with Crippen molar-refractivity contribution in [3.8, 4) is 0 Å². The molecule has 1 saturated carbocycles. The lowest BCUT2D eigenvalue weighted by Crippen LogP contribution is -2.38. The largest absolute Gasteiger partial charge is 0.446 e. The van der Waals surface area contributed by atoms with Crippen LogP contribution in [0.2, 0.25) is 0 Å². The summed E-state index contributed by atoms with van der Waals surface area (Å²) in [7, 11) is 0. The Morgan fingerprint density at radius 2 is 2.20 bits per heavy atom. The predicted octanol–water partition coefficient (Wildman–Crippen LogP) is -0.181. The third-order valence-electron chi connectivity index (χ3n) is 1.81. The first kappa shape index (κ1) is 7.34. The van der Waals surface area contributed by atoms with Crippen molar-refractivity contribution < 1.29 is 9.53 Å². The van der Waals surface area contributed by atoms with Gasteiger partial charge in [0.1, 0.15) is 6.10 Å². The Balaban J connectivity index is 2.08. The Labute approximate surface area is 59.5 Å². The number of carbonyl (C=O) groups is 1. The van der Waals surface area contributed by atoms with Crippen molar-refractivity contribution in [1.29, 1.82) is 0 Å². The van der Waals surface area contributed by atoms with Gasteiger partial charge in [-0.15, -0.1) is 0 Å². The molecule has 1 aliphatic rings. The molecule has 0 saturated heterocycles. The molecule has 1 fully saturated rings. The molecule has 0 unspecified atom stereocenters. The van der Waals surface area contributed by atoms with E-state index in [2.05, 4.69) is 0 Å². The number of amides is 1. The molecule has 4 heteroatoms. The van der Waals surface area contributed by atoms with Crippen molar-refractivity contribution in [2.45, 2.75) is 18.9 Å². The van der Waals surface area contributed by atoms with E-state index in [9.17, 15) is 4.79 Å². The zero-order valence-electron chi connectivity index (χ0n) is 5.75. The highest BCUT2D eigenvalue weighted by atomic mass is 16.6. The zero-order chi connectivity index (χ0) is 7.56. The molecular formula is C6H12N2O2. The van der Waals surface area contributed by atoms with E-state index >= 15 is 0 Å². The van der Waals surface area contributed by atoms with Crippen LogP contribution in [0.15, 0.2) is 0 Å². The Bertz CT molecular complexity index is 132. The number of ether oxygens (including phenoxy) is 1. The van der Waals surface area contributed by atoms with Crippen LogP contribution in [0, 0.1) is 5.92 Å². The van der Waals surface area contributed by atoms with Crippen LogP contribution < -0.4 is 11.5 Å². The van der Waals surface area contributed by atoms with E-state index in [0.717, 1.165) is 12.8 Å². The molecule has 4 nitrogen and oxygen atoms in total. The van der Waals surface area contributed by atoms with Gasteiger partial charge in [0.25, 0.3) is 0 Å². The second-order valence-electron chi connectivity index (χ2n) is 2.63. The third kappa shape index (κ3) is 1.60. The highest BCUT2D eigenvalue weighted by molar-refractivity contribution is 5.64. The fraction of sp³-hybridized carbons (Fsp3) is 0.833. The summed E-state index contributed by atoms with van der Waals surface area (Å²) in [5.41, 5.74) is 10.2. The Kier molecular flexibility index (Phi) is 2.11. The van der Waals surface area contributed by atoms with Crippen LogP contribution in [0.4, 0.5) is 4.79 Å². The summed E-state index contributed by atoms with van der Waals surface area (Å²) in [5.74, 6) is 0.532. The Hall–Kier alpha value is -0.770. The second-order valence-corrected chi connectivity index (χ2v) is 2.63. The highest BCUT2D eigenvalue weighted by Crippen LogP contribution is 2.28. The maximum Gasteiger partial charge on any atom is 0.404 e. The summed E-state index contributed by atoms with van der Waals surface area (Å²) in [5, 5.41) is 0. The van der Waals surface area contributed by atoms with Crippen molar-refractivity contribution in [1.82, 2.24) is 0 Å². The van der Waals surface area contributed by atoms with Crippen LogP contribution in [0.3, 0.4) is 0 Å². The third-order valence-corrected chi connectivity index (χ3v) is 1.81. The lowest BCUT2D eigenvalue weighted by Gasteiger charge is -2.32. The first-order chi connectivity index (χ1) is 4.72. The van der Waals surface area contributed by atoms with Crippen LogP contribution in [0.1, 0.15) is 12.8 Å². The molecule has 0 atom stereocenters. The van der Waals surface area contributed by atoms with E-state index < -0.39 is 6.09 Å². The predicted molar refractivity (Wildman–Crippen MR) is 36.2 cm³/mol. The van der Waals surface area contributed by atoms with Crippen LogP contribution in [0.25, 0.3) is 0 Å². The quantitative estimate of drug-likeness (QED) is 0.564. The molecule has 0 heterocycles. The molecule has 0 spiro atoms. The van der Waals surface area contributed by atoms with Gasteiger partial charge in [0, 0.05) is 0 Å². The minimum Gasteiger partial charge on any atom is -0.446 e. The molecule has 4 N–H and O–H groups in total. The molecular weight excluding hydrogens is 132 g/mol. The number of rotatable bonds is 2. The van der Waals surface area contributed by atoms with Crippen molar-refractivity contribution in [3.63, 3.8) is 0 Å². The molecule has 0 aromatic heterocycles. The summed E-state index contributed by atoms with van der Waals surface area (Å²) in [4.78, 5) is 10.2. The molecule has 1 amide bonds. The smallest absolute Gasteiger partial charge is 0.404 e. The van der Waals surface area contributed by atoms with Crippen molar-refractivity contribution in [2.24, 2.45) is 17.4 Å². The van der Waals surface area contributed by atoms with Crippen molar-refractivity contribution in [3.05, 3.63) is 0 Å². The standard InChI is InChI=1S/C6H12N2O2/c7-3-4-1-5(2-4)10-6(8)9/h4-5H,1-3,7H2,(H2,8,9)/t4-,5-. The number of hydrogen-bond donors (Lipinski definition) is 2. The van der Waals surface area contributed by atoms with Gasteiger partial charge in [-0.3, -0.25) is 0 Å². The summed E-state index contributed by atoms with van der Waals surface area (Å²) >= 11 is 0. The molecule has 0 bridgehead atoms. The average molecular weight is 144 g/mol. The van der Waals surface area contributed by atoms with E-state index in [1.807, 2.05) is 0 Å². The summed E-state index contributed by atoms with van der Waals surface area (Å²) in [6.07, 6.45) is 1.10. The molecule has 1 aliphatic carbocycles. The highest BCUT2D eigenvalue weighted by Gasteiger charge is 2.30.